The molecular weight excluding hydrogens is 346 g/mol. The van der Waals surface area contributed by atoms with Crippen LogP contribution in [0.5, 0.6) is 0 Å². The van der Waals surface area contributed by atoms with E-state index in [-0.39, 0.29) is 17.8 Å². The number of aliphatic hydroxyl groups excluding tert-OH is 1. The molecule has 0 fully saturated rings. The maximum Gasteiger partial charge on any atom is 0.339 e. The fourth-order valence-electron chi connectivity index (χ4n) is 2.69. The van der Waals surface area contributed by atoms with E-state index in [0.717, 1.165) is 12.1 Å². The number of carbonyl (C=O) groups is 2. The summed E-state index contributed by atoms with van der Waals surface area (Å²) in [5, 5.41) is 12.5. The van der Waals surface area contributed by atoms with Gasteiger partial charge in [-0.3, -0.25) is 4.79 Å². The van der Waals surface area contributed by atoms with Crippen LogP contribution in [-0.4, -0.2) is 35.6 Å². The van der Waals surface area contributed by atoms with Crippen LogP contribution in [0.25, 0.3) is 0 Å². The molecular formula is C18H20F2N2O4. The maximum atomic E-state index is 13.7. The van der Waals surface area contributed by atoms with E-state index in [4.69, 9.17) is 4.74 Å². The van der Waals surface area contributed by atoms with Crippen LogP contribution in [0.2, 0.25) is 0 Å². The average molecular weight is 366 g/mol. The summed E-state index contributed by atoms with van der Waals surface area (Å²) < 4.78 is 31.3. The topological polar surface area (TPSA) is 91.4 Å². The number of esters is 1. The van der Waals surface area contributed by atoms with Gasteiger partial charge in [-0.1, -0.05) is 13.0 Å². The smallest absolute Gasteiger partial charge is 0.339 e. The number of amides is 1. The number of rotatable bonds is 6. The molecule has 26 heavy (non-hydrogen) atoms. The number of halogens is 2. The largest absolute Gasteiger partial charge is 0.465 e. The lowest BCUT2D eigenvalue weighted by Crippen LogP contribution is -2.29. The van der Waals surface area contributed by atoms with Gasteiger partial charge in [-0.25, -0.2) is 13.6 Å². The highest BCUT2D eigenvalue weighted by Gasteiger charge is 2.24. The van der Waals surface area contributed by atoms with Gasteiger partial charge in [0.15, 0.2) is 0 Å². The number of carbonyl (C=O) groups excluding carboxylic acids is 2. The molecule has 0 bridgehead atoms. The Kier molecular flexibility index (Phi) is 6.10. The molecule has 0 saturated carbocycles. The van der Waals surface area contributed by atoms with Crippen molar-refractivity contribution < 1.29 is 28.2 Å². The number of benzene rings is 1. The zero-order chi connectivity index (χ0) is 19.4. The quantitative estimate of drug-likeness (QED) is 0.685. The fraction of sp³-hybridized carbons (Fsp3) is 0.333. The minimum atomic E-state index is -1.35. The summed E-state index contributed by atoms with van der Waals surface area (Å²) in [5.74, 6) is -2.77. The predicted octanol–water partition coefficient (Wildman–Crippen LogP) is 2.41. The molecule has 8 heteroatoms. The van der Waals surface area contributed by atoms with E-state index in [0.29, 0.717) is 29.3 Å². The summed E-state index contributed by atoms with van der Waals surface area (Å²) in [6.45, 7) is 3.14. The summed E-state index contributed by atoms with van der Waals surface area (Å²) in [6, 6.07) is 2.80. The number of hydrogen-bond donors (Lipinski definition) is 3. The fourth-order valence-corrected chi connectivity index (χ4v) is 2.69. The third-order valence-corrected chi connectivity index (χ3v) is 4.08. The molecule has 0 radical (unpaired) electrons. The van der Waals surface area contributed by atoms with Gasteiger partial charge in [0.05, 0.1) is 18.8 Å². The Bertz CT molecular complexity index is 833. The number of ether oxygens (including phenoxy) is 1. The lowest BCUT2D eigenvalue weighted by atomic mass is 10.1. The average Bonchev–Trinajstić information content (AvgIpc) is 2.95. The number of H-pyrrole nitrogens is 1. The number of aromatic nitrogens is 1. The Morgan fingerprint density at radius 3 is 2.62 bits per heavy atom. The van der Waals surface area contributed by atoms with Crippen LogP contribution in [0.3, 0.4) is 0 Å². The van der Waals surface area contributed by atoms with Crippen molar-refractivity contribution in [1.82, 2.24) is 10.3 Å². The Hall–Kier alpha value is -2.74. The second kappa shape index (κ2) is 8.09. The molecule has 1 heterocycles. The first-order valence-electron chi connectivity index (χ1n) is 8.01. The van der Waals surface area contributed by atoms with Crippen LogP contribution in [0.1, 0.15) is 50.7 Å². The van der Waals surface area contributed by atoms with E-state index in [1.54, 1.807) is 6.92 Å². The van der Waals surface area contributed by atoms with Gasteiger partial charge in [0, 0.05) is 23.9 Å². The van der Waals surface area contributed by atoms with Gasteiger partial charge in [-0.2, -0.15) is 0 Å². The second-order valence-corrected chi connectivity index (χ2v) is 5.72. The van der Waals surface area contributed by atoms with Gasteiger partial charge in [-0.15, -0.1) is 0 Å². The number of hydrogen-bond acceptors (Lipinski definition) is 4. The molecule has 0 saturated heterocycles. The maximum absolute atomic E-state index is 13.7. The van der Waals surface area contributed by atoms with Crippen molar-refractivity contribution in [2.45, 2.75) is 26.4 Å². The predicted molar refractivity (Wildman–Crippen MR) is 89.9 cm³/mol. The van der Waals surface area contributed by atoms with E-state index in [1.807, 2.05) is 6.92 Å². The Balaban J connectivity index is 2.15. The summed E-state index contributed by atoms with van der Waals surface area (Å²) >= 11 is 0. The van der Waals surface area contributed by atoms with Crippen molar-refractivity contribution in [3.63, 3.8) is 0 Å². The van der Waals surface area contributed by atoms with E-state index in [2.05, 4.69) is 10.3 Å². The molecule has 0 spiro atoms. The normalized spacial score (nSPS) is 11.9. The first kappa shape index (κ1) is 19.6. The van der Waals surface area contributed by atoms with E-state index >= 15 is 0 Å². The number of aliphatic hydroxyl groups is 1. The number of methoxy groups -OCH3 is 1. The third-order valence-electron chi connectivity index (χ3n) is 4.08. The SMILES string of the molecule is CCc1[nH]c(C(=O)NC[C@@H](O)c2ccc(F)cc2F)c(C)c1C(=O)OC. The highest BCUT2D eigenvalue weighted by atomic mass is 19.1. The molecule has 3 N–H and O–H groups in total. The van der Waals surface area contributed by atoms with Gasteiger partial charge in [-0.05, 0) is 25.0 Å². The lowest BCUT2D eigenvalue weighted by molar-refractivity contribution is 0.0599. The van der Waals surface area contributed by atoms with Gasteiger partial charge in [0.2, 0.25) is 0 Å². The molecule has 1 aromatic carbocycles. The molecule has 6 nitrogen and oxygen atoms in total. The molecule has 140 valence electrons. The van der Waals surface area contributed by atoms with Gasteiger partial charge in [0.1, 0.15) is 17.3 Å². The summed E-state index contributed by atoms with van der Waals surface area (Å²) in [6.07, 6.45) is -0.859. The molecule has 0 aliphatic carbocycles. The molecule has 0 aliphatic rings. The zero-order valence-electron chi connectivity index (χ0n) is 14.7. The second-order valence-electron chi connectivity index (χ2n) is 5.72. The Morgan fingerprint density at radius 1 is 1.35 bits per heavy atom. The molecule has 1 atom stereocenters. The highest BCUT2D eigenvalue weighted by Crippen LogP contribution is 2.21. The highest BCUT2D eigenvalue weighted by molar-refractivity contribution is 6.00. The molecule has 1 aromatic heterocycles. The van der Waals surface area contributed by atoms with E-state index < -0.39 is 29.6 Å². The minimum absolute atomic E-state index is 0.126. The minimum Gasteiger partial charge on any atom is -0.465 e. The van der Waals surface area contributed by atoms with Crippen LogP contribution in [0.15, 0.2) is 18.2 Å². The zero-order valence-corrected chi connectivity index (χ0v) is 14.7. The van der Waals surface area contributed by atoms with Gasteiger partial charge < -0.3 is 20.1 Å². The third kappa shape index (κ3) is 3.91. The van der Waals surface area contributed by atoms with Gasteiger partial charge in [0.25, 0.3) is 5.91 Å². The molecule has 0 unspecified atom stereocenters. The van der Waals surface area contributed by atoms with Gasteiger partial charge >= 0.3 is 5.97 Å². The summed E-state index contributed by atoms with van der Waals surface area (Å²) in [5.41, 5.74) is 1.32. The van der Waals surface area contributed by atoms with Crippen molar-refractivity contribution in [1.29, 1.82) is 0 Å². The van der Waals surface area contributed by atoms with Crippen molar-refractivity contribution in [2.24, 2.45) is 0 Å². The van der Waals surface area contributed by atoms with Crippen molar-refractivity contribution in [3.8, 4) is 0 Å². The van der Waals surface area contributed by atoms with E-state index in [9.17, 15) is 23.5 Å². The van der Waals surface area contributed by atoms with Crippen LogP contribution >= 0.6 is 0 Å². The van der Waals surface area contributed by atoms with Crippen LogP contribution in [0.4, 0.5) is 8.78 Å². The van der Waals surface area contributed by atoms with Crippen molar-refractivity contribution >= 4 is 11.9 Å². The molecule has 2 aromatic rings. The summed E-state index contributed by atoms with van der Waals surface area (Å²) in [4.78, 5) is 27.1. The molecule has 0 aliphatic heterocycles. The standard InChI is InChI=1S/C18H20F2N2O4/c1-4-13-15(18(25)26-3)9(2)16(22-13)17(24)21-8-14(23)11-6-5-10(19)7-12(11)20/h5-7,14,22-23H,4,8H2,1-3H3,(H,21,24)/t14-/m1/s1. The Morgan fingerprint density at radius 2 is 2.04 bits per heavy atom. The molecule has 2 rings (SSSR count). The first-order chi connectivity index (χ1) is 12.3. The molecule has 1 amide bonds. The van der Waals surface area contributed by atoms with E-state index in [1.165, 1.54) is 7.11 Å². The monoisotopic (exact) mass is 366 g/mol. The van der Waals surface area contributed by atoms with Crippen molar-refractivity contribution in [2.75, 3.05) is 13.7 Å². The van der Waals surface area contributed by atoms with Crippen molar-refractivity contribution in [3.05, 3.63) is 57.9 Å². The number of aryl methyl sites for hydroxylation is 1. The Labute approximate surface area is 149 Å². The first-order valence-corrected chi connectivity index (χ1v) is 8.01. The van der Waals surface area contributed by atoms with Crippen LogP contribution in [-0.2, 0) is 11.2 Å². The van der Waals surface area contributed by atoms with Crippen LogP contribution in [0, 0.1) is 18.6 Å². The lowest BCUT2D eigenvalue weighted by Gasteiger charge is -2.13. The summed E-state index contributed by atoms with van der Waals surface area (Å²) in [7, 11) is 1.25. The van der Waals surface area contributed by atoms with Crippen LogP contribution < -0.4 is 5.32 Å². The number of nitrogens with one attached hydrogen (secondary N) is 2. The number of aromatic amines is 1.